The first kappa shape index (κ1) is 13.0. The first-order valence-electron chi connectivity index (χ1n) is 6.05. The average molecular weight is 269 g/mol. The lowest BCUT2D eigenvalue weighted by Gasteiger charge is -2.36. The van der Waals surface area contributed by atoms with Crippen molar-refractivity contribution >= 4 is 23.2 Å². The van der Waals surface area contributed by atoms with Gasteiger partial charge < -0.3 is 14.9 Å². The molecule has 0 unspecified atom stereocenters. The third-order valence-electron chi connectivity index (χ3n) is 3.15. The Bertz CT molecular complexity index is 429. The monoisotopic (exact) mass is 268 g/mol. The van der Waals surface area contributed by atoms with Gasteiger partial charge in [0.2, 0.25) is 5.91 Å². The summed E-state index contributed by atoms with van der Waals surface area (Å²) in [5, 5.41) is 9.31. The number of carbonyl (C=O) groups is 1. The maximum Gasteiger partial charge on any atom is 0.240 e. The number of piperazine rings is 1. The predicted molar refractivity (Wildman–Crippen MR) is 72.2 cm³/mol. The highest BCUT2D eigenvalue weighted by molar-refractivity contribution is 6.30. The zero-order chi connectivity index (χ0) is 13.1. The molecular formula is C13H17ClN2O2. The number of hydrogen-bond donors (Lipinski definition) is 1. The van der Waals surface area contributed by atoms with E-state index in [1.807, 2.05) is 12.1 Å². The first-order chi connectivity index (χ1) is 8.59. The van der Waals surface area contributed by atoms with Gasteiger partial charge in [-0.1, -0.05) is 12.1 Å². The highest BCUT2D eigenvalue weighted by Crippen LogP contribution is 2.27. The number of anilines is 1. The van der Waals surface area contributed by atoms with Crippen LogP contribution in [0, 0.1) is 0 Å². The smallest absolute Gasteiger partial charge is 0.240 e. The molecule has 1 aliphatic rings. The van der Waals surface area contributed by atoms with Gasteiger partial charge in [0.15, 0.2) is 0 Å². The second-order valence-electron chi connectivity index (χ2n) is 4.42. The van der Waals surface area contributed by atoms with Gasteiger partial charge in [0.25, 0.3) is 0 Å². The number of halogens is 1. The Balaban J connectivity index is 1.99. The maximum absolute atomic E-state index is 11.7. The maximum atomic E-state index is 11.7. The van der Waals surface area contributed by atoms with E-state index in [0.717, 1.165) is 5.69 Å². The molecule has 0 bridgehead atoms. The summed E-state index contributed by atoms with van der Waals surface area (Å²) in [7, 11) is 0. The third-order valence-corrected chi connectivity index (χ3v) is 3.34. The van der Waals surface area contributed by atoms with E-state index in [0.29, 0.717) is 26.2 Å². The van der Waals surface area contributed by atoms with Crippen molar-refractivity contribution in [1.82, 2.24) is 4.90 Å². The predicted octanol–water partition coefficient (Wildman–Crippen LogP) is 1.67. The van der Waals surface area contributed by atoms with E-state index in [-0.39, 0.29) is 11.7 Å². The summed E-state index contributed by atoms with van der Waals surface area (Å²) in [5.74, 6) is 0.261. The summed E-state index contributed by atoms with van der Waals surface area (Å²) >= 11 is 5.80. The Morgan fingerprint density at radius 1 is 1.28 bits per heavy atom. The quantitative estimate of drug-likeness (QED) is 0.830. The van der Waals surface area contributed by atoms with Gasteiger partial charge in [0.1, 0.15) is 11.1 Å². The molecule has 1 aliphatic heterocycles. The minimum Gasteiger partial charge on any atom is -0.506 e. The van der Waals surface area contributed by atoms with Crippen molar-refractivity contribution in [2.75, 3.05) is 31.1 Å². The molecule has 1 amide bonds. The number of aromatic hydroxyl groups is 1. The number of para-hydroxylation sites is 2. The van der Waals surface area contributed by atoms with Crippen LogP contribution in [-0.2, 0) is 4.79 Å². The molecule has 1 aromatic rings. The van der Waals surface area contributed by atoms with Gasteiger partial charge in [-0.05, 0) is 19.1 Å². The summed E-state index contributed by atoms with van der Waals surface area (Å²) in [6.45, 7) is 4.41. The van der Waals surface area contributed by atoms with Crippen LogP contribution in [0.15, 0.2) is 24.3 Å². The number of benzene rings is 1. The number of amides is 1. The van der Waals surface area contributed by atoms with E-state index in [1.54, 1.807) is 24.0 Å². The molecule has 0 aromatic heterocycles. The van der Waals surface area contributed by atoms with E-state index in [4.69, 9.17) is 11.6 Å². The van der Waals surface area contributed by atoms with Gasteiger partial charge in [0, 0.05) is 26.2 Å². The zero-order valence-corrected chi connectivity index (χ0v) is 11.1. The molecule has 98 valence electrons. The van der Waals surface area contributed by atoms with Gasteiger partial charge in [-0.15, -0.1) is 11.6 Å². The summed E-state index contributed by atoms with van der Waals surface area (Å²) < 4.78 is 0. The summed E-state index contributed by atoms with van der Waals surface area (Å²) in [6, 6.07) is 7.26. The van der Waals surface area contributed by atoms with Crippen LogP contribution in [0.2, 0.25) is 0 Å². The molecule has 1 aromatic carbocycles. The van der Waals surface area contributed by atoms with Crippen LogP contribution in [0.1, 0.15) is 6.92 Å². The number of carbonyl (C=O) groups excluding carboxylic acids is 1. The number of phenols is 1. The summed E-state index contributed by atoms with van der Waals surface area (Å²) in [4.78, 5) is 15.6. The molecular weight excluding hydrogens is 252 g/mol. The summed E-state index contributed by atoms with van der Waals surface area (Å²) in [6.07, 6.45) is 0. The Morgan fingerprint density at radius 2 is 1.89 bits per heavy atom. The lowest BCUT2D eigenvalue weighted by molar-refractivity contribution is -0.130. The molecule has 0 aliphatic carbocycles. The fourth-order valence-corrected chi connectivity index (χ4v) is 2.29. The molecule has 1 saturated heterocycles. The molecule has 2 rings (SSSR count). The van der Waals surface area contributed by atoms with Crippen molar-refractivity contribution in [3.8, 4) is 5.75 Å². The lowest BCUT2D eigenvalue weighted by Crippen LogP contribution is -2.50. The van der Waals surface area contributed by atoms with Crippen LogP contribution in [0.5, 0.6) is 5.75 Å². The Hall–Kier alpha value is -1.42. The summed E-state index contributed by atoms with van der Waals surface area (Å²) in [5.41, 5.74) is 0.823. The van der Waals surface area contributed by atoms with Crippen LogP contribution in [-0.4, -0.2) is 47.5 Å². The molecule has 4 nitrogen and oxygen atoms in total. The molecule has 1 N–H and O–H groups in total. The van der Waals surface area contributed by atoms with Crippen molar-refractivity contribution < 1.29 is 9.90 Å². The minimum atomic E-state index is -0.471. The highest BCUT2D eigenvalue weighted by atomic mass is 35.5. The van der Waals surface area contributed by atoms with Crippen LogP contribution >= 0.6 is 11.6 Å². The number of rotatable bonds is 2. The average Bonchev–Trinajstić information content (AvgIpc) is 2.38. The van der Waals surface area contributed by atoms with Crippen LogP contribution < -0.4 is 4.90 Å². The number of nitrogens with zero attached hydrogens (tertiary/aromatic N) is 2. The standard InChI is InChI=1S/C13H17ClN2O2/c1-10(14)13(18)16-8-6-15(7-9-16)11-4-2-3-5-12(11)17/h2-5,10,17H,6-9H2,1H3/t10-/m0/s1. The SMILES string of the molecule is C[C@H](Cl)C(=O)N1CCN(c2ccccc2O)CC1. The van der Waals surface area contributed by atoms with Gasteiger partial charge >= 0.3 is 0 Å². The largest absolute Gasteiger partial charge is 0.506 e. The van der Waals surface area contributed by atoms with Gasteiger partial charge in [-0.2, -0.15) is 0 Å². The van der Waals surface area contributed by atoms with Crippen molar-refractivity contribution in [3.63, 3.8) is 0 Å². The van der Waals surface area contributed by atoms with Crippen LogP contribution in [0.25, 0.3) is 0 Å². The zero-order valence-electron chi connectivity index (χ0n) is 10.3. The minimum absolute atomic E-state index is 0.0198. The second kappa shape index (κ2) is 5.48. The fraction of sp³-hybridized carbons (Fsp3) is 0.462. The van der Waals surface area contributed by atoms with Crippen LogP contribution in [0.4, 0.5) is 5.69 Å². The van der Waals surface area contributed by atoms with Crippen molar-refractivity contribution in [1.29, 1.82) is 0 Å². The molecule has 0 saturated carbocycles. The van der Waals surface area contributed by atoms with E-state index >= 15 is 0 Å². The first-order valence-corrected chi connectivity index (χ1v) is 6.49. The topological polar surface area (TPSA) is 43.8 Å². The highest BCUT2D eigenvalue weighted by Gasteiger charge is 2.24. The van der Waals surface area contributed by atoms with E-state index in [2.05, 4.69) is 4.90 Å². The number of alkyl halides is 1. The van der Waals surface area contributed by atoms with Crippen molar-refractivity contribution in [2.45, 2.75) is 12.3 Å². The lowest BCUT2D eigenvalue weighted by atomic mass is 10.2. The van der Waals surface area contributed by atoms with E-state index in [1.165, 1.54) is 0 Å². The molecule has 0 radical (unpaired) electrons. The van der Waals surface area contributed by atoms with Gasteiger partial charge in [-0.25, -0.2) is 0 Å². The normalized spacial score (nSPS) is 17.7. The number of phenolic OH excluding ortho intramolecular Hbond substituents is 1. The molecule has 5 heteroatoms. The van der Waals surface area contributed by atoms with E-state index < -0.39 is 5.38 Å². The Labute approximate surface area is 112 Å². The molecule has 1 atom stereocenters. The van der Waals surface area contributed by atoms with Gasteiger partial charge in [0.05, 0.1) is 5.69 Å². The second-order valence-corrected chi connectivity index (χ2v) is 5.07. The fourth-order valence-electron chi connectivity index (χ4n) is 2.15. The molecule has 1 heterocycles. The number of hydrogen-bond acceptors (Lipinski definition) is 3. The van der Waals surface area contributed by atoms with Crippen molar-refractivity contribution in [2.24, 2.45) is 0 Å². The third kappa shape index (κ3) is 2.70. The Morgan fingerprint density at radius 3 is 2.44 bits per heavy atom. The molecule has 0 spiro atoms. The van der Waals surface area contributed by atoms with Crippen molar-refractivity contribution in [3.05, 3.63) is 24.3 Å². The van der Waals surface area contributed by atoms with Gasteiger partial charge in [-0.3, -0.25) is 4.79 Å². The molecule has 18 heavy (non-hydrogen) atoms. The molecule has 1 fully saturated rings. The Kier molecular flexibility index (Phi) is 3.97. The van der Waals surface area contributed by atoms with E-state index in [9.17, 15) is 9.90 Å². The van der Waals surface area contributed by atoms with Crippen LogP contribution in [0.3, 0.4) is 0 Å².